The maximum atomic E-state index is 13.0. The highest BCUT2D eigenvalue weighted by molar-refractivity contribution is 5.89. The Bertz CT molecular complexity index is 1240. The number of rotatable bonds is 10. The maximum absolute atomic E-state index is 13.0. The number of aliphatic carboxylic acids is 1. The maximum Gasteiger partial charge on any atom is 0.347 e. The van der Waals surface area contributed by atoms with Gasteiger partial charge in [0.25, 0.3) is 0 Å². The zero-order valence-corrected chi connectivity index (χ0v) is 20.6. The summed E-state index contributed by atoms with van der Waals surface area (Å²) in [5, 5.41) is 13.7. The third-order valence-electron chi connectivity index (χ3n) is 5.48. The van der Waals surface area contributed by atoms with Crippen molar-refractivity contribution in [3.05, 3.63) is 81.5 Å². The molecule has 0 radical (unpaired) electrons. The van der Waals surface area contributed by atoms with Gasteiger partial charge in [-0.25, -0.2) is 19.1 Å². The number of carboxylic acids is 1. The van der Waals surface area contributed by atoms with Crippen molar-refractivity contribution < 1.29 is 24.2 Å². The highest BCUT2D eigenvalue weighted by atomic mass is 16.5. The quantitative estimate of drug-likeness (QED) is 0.436. The second kappa shape index (κ2) is 10.6. The summed E-state index contributed by atoms with van der Waals surface area (Å²) in [5.74, 6) is -1.01. The van der Waals surface area contributed by atoms with Gasteiger partial charge in [-0.3, -0.25) is 4.57 Å². The van der Waals surface area contributed by atoms with Gasteiger partial charge in [0.05, 0.1) is 12.1 Å². The number of carboxylic acid groups (broad SMARTS) is 1. The van der Waals surface area contributed by atoms with E-state index < -0.39 is 23.6 Å². The Morgan fingerprint density at radius 3 is 2.29 bits per heavy atom. The van der Waals surface area contributed by atoms with E-state index in [1.54, 1.807) is 6.92 Å². The highest BCUT2D eigenvalue weighted by Gasteiger charge is 2.29. The molecule has 0 saturated carbocycles. The Morgan fingerprint density at radius 2 is 1.71 bits per heavy atom. The summed E-state index contributed by atoms with van der Waals surface area (Å²) >= 11 is 0. The molecule has 9 heteroatoms. The zero-order valence-electron chi connectivity index (χ0n) is 20.6. The Balaban J connectivity index is 1.76. The van der Waals surface area contributed by atoms with Gasteiger partial charge in [-0.2, -0.15) is 5.10 Å². The van der Waals surface area contributed by atoms with Crippen LogP contribution in [0.4, 0.5) is 0 Å². The van der Waals surface area contributed by atoms with Crippen molar-refractivity contribution in [3.8, 4) is 5.75 Å². The molecule has 0 aliphatic carbocycles. The fourth-order valence-corrected chi connectivity index (χ4v) is 3.44. The summed E-state index contributed by atoms with van der Waals surface area (Å²) in [6.07, 6.45) is -0.0410. The molecule has 0 aliphatic rings. The van der Waals surface area contributed by atoms with Gasteiger partial charge in [0.2, 0.25) is 0 Å². The molecule has 1 heterocycles. The molecule has 9 nitrogen and oxygen atoms in total. The molecule has 0 spiro atoms. The predicted molar refractivity (Wildman–Crippen MR) is 130 cm³/mol. The second-order valence-electron chi connectivity index (χ2n) is 8.93. The number of aromatic nitrogens is 3. The molecule has 1 atom stereocenters. The Kier molecular flexibility index (Phi) is 7.78. The second-order valence-corrected chi connectivity index (χ2v) is 8.93. The molecule has 3 aromatic rings. The van der Waals surface area contributed by atoms with Crippen LogP contribution in [0.5, 0.6) is 5.75 Å². The van der Waals surface area contributed by atoms with Crippen molar-refractivity contribution in [2.24, 2.45) is 0 Å². The van der Waals surface area contributed by atoms with Crippen LogP contribution < -0.4 is 10.4 Å². The number of carbonyl (C=O) groups is 2. The first-order chi connectivity index (χ1) is 16.5. The monoisotopic (exact) mass is 481 g/mol. The summed E-state index contributed by atoms with van der Waals surface area (Å²) < 4.78 is 14.0. The Labute approximate surface area is 203 Å². The number of hydrogen-bond donors (Lipinski definition) is 1. The van der Waals surface area contributed by atoms with Gasteiger partial charge < -0.3 is 14.6 Å². The molecular formula is C26H31N3O6. The zero-order chi connectivity index (χ0) is 25.8. The van der Waals surface area contributed by atoms with Gasteiger partial charge in [0.15, 0.2) is 17.5 Å². The van der Waals surface area contributed by atoms with Crippen molar-refractivity contribution in [1.82, 2.24) is 14.3 Å². The molecule has 2 aromatic carbocycles. The van der Waals surface area contributed by atoms with Crippen molar-refractivity contribution in [3.63, 3.8) is 0 Å². The lowest BCUT2D eigenvalue weighted by atomic mass is 10.1. The summed E-state index contributed by atoms with van der Waals surface area (Å²) in [7, 11) is 0. The molecule has 0 saturated heterocycles. The van der Waals surface area contributed by atoms with Crippen LogP contribution in [-0.4, -0.2) is 37.0 Å². The van der Waals surface area contributed by atoms with E-state index >= 15 is 0 Å². The number of benzene rings is 2. The molecular weight excluding hydrogens is 450 g/mol. The number of ether oxygens (including phenoxy) is 2. The minimum absolute atomic E-state index is 0.257. The number of esters is 1. The van der Waals surface area contributed by atoms with E-state index in [2.05, 4.69) is 5.10 Å². The van der Waals surface area contributed by atoms with Gasteiger partial charge in [0.1, 0.15) is 5.75 Å². The highest BCUT2D eigenvalue weighted by Crippen LogP contribution is 2.21. The molecule has 1 N–H and O–H groups in total. The first kappa shape index (κ1) is 25.7. The lowest BCUT2D eigenvalue weighted by Crippen LogP contribution is -2.37. The van der Waals surface area contributed by atoms with Gasteiger partial charge in [-0.05, 0) is 63.9 Å². The van der Waals surface area contributed by atoms with Gasteiger partial charge in [-0.15, -0.1) is 0 Å². The lowest BCUT2D eigenvalue weighted by molar-refractivity contribution is -0.152. The number of hydrogen-bond acceptors (Lipinski definition) is 6. The van der Waals surface area contributed by atoms with Crippen LogP contribution in [0.1, 0.15) is 67.5 Å². The first-order valence-electron chi connectivity index (χ1n) is 11.5. The van der Waals surface area contributed by atoms with Crippen LogP contribution in [0.25, 0.3) is 0 Å². The van der Waals surface area contributed by atoms with E-state index in [1.807, 2.05) is 38.1 Å². The summed E-state index contributed by atoms with van der Waals surface area (Å²) in [6.45, 7) is 9.28. The largest absolute Gasteiger partial charge is 0.478 e. The van der Waals surface area contributed by atoms with Crippen molar-refractivity contribution in [2.45, 2.75) is 65.8 Å². The fourth-order valence-electron chi connectivity index (χ4n) is 3.44. The molecule has 3 rings (SSSR count). The summed E-state index contributed by atoms with van der Waals surface area (Å²) in [4.78, 5) is 37.0. The average Bonchev–Trinajstić information content (AvgIpc) is 3.11. The molecule has 0 amide bonds. The Morgan fingerprint density at radius 1 is 1.09 bits per heavy atom. The number of aryl methyl sites for hydroxylation is 1. The van der Waals surface area contributed by atoms with E-state index in [1.165, 1.54) is 47.4 Å². The van der Waals surface area contributed by atoms with E-state index in [0.717, 1.165) is 17.5 Å². The third-order valence-corrected chi connectivity index (χ3v) is 5.48. The van der Waals surface area contributed by atoms with E-state index in [4.69, 9.17) is 9.47 Å². The van der Waals surface area contributed by atoms with E-state index in [9.17, 15) is 19.5 Å². The Hall–Kier alpha value is -3.88. The van der Waals surface area contributed by atoms with Crippen LogP contribution >= 0.6 is 0 Å². The molecule has 0 fully saturated rings. The minimum Gasteiger partial charge on any atom is -0.478 e. The van der Waals surface area contributed by atoms with Crippen LogP contribution in [0.2, 0.25) is 0 Å². The molecule has 0 bridgehead atoms. The SMILES string of the molecule is CCCn1c(C(C)OC(=O)c2ccc(OC(C)(C)C(=O)O)cc2)nn(Cc2ccc(C)cc2)c1=O. The summed E-state index contributed by atoms with van der Waals surface area (Å²) in [5.41, 5.74) is 0.679. The minimum atomic E-state index is -1.41. The number of carbonyl (C=O) groups excluding carboxylic acids is 1. The van der Waals surface area contributed by atoms with Crippen LogP contribution in [0.15, 0.2) is 53.3 Å². The lowest BCUT2D eigenvalue weighted by Gasteiger charge is -2.21. The molecule has 1 unspecified atom stereocenters. The van der Waals surface area contributed by atoms with Gasteiger partial charge in [0, 0.05) is 6.54 Å². The smallest absolute Gasteiger partial charge is 0.347 e. The van der Waals surface area contributed by atoms with Crippen molar-refractivity contribution in [2.75, 3.05) is 0 Å². The topological polar surface area (TPSA) is 113 Å². The average molecular weight is 482 g/mol. The van der Waals surface area contributed by atoms with Crippen LogP contribution in [0.3, 0.4) is 0 Å². The normalized spacial score (nSPS) is 12.3. The number of nitrogens with zero attached hydrogens (tertiary/aromatic N) is 3. The van der Waals surface area contributed by atoms with Crippen LogP contribution in [0, 0.1) is 6.92 Å². The fraction of sp³-hybridized carbons (Fsp3) is 0.385. The van der Waals surface area contributed by atoms with Gasteiger partial charge >= 0.3 is 17.6 Å². The molecule has 0 aliphatic heterocycles. The first-order valence-corrected chi connectivity index (χ1v) is 11.5. The van der Waals surface area contributed by atoms with E-state index in [0.29, 0.717) is 24.7 Å². The van der Waals surface area contributed by atoms with Crippen molar-refractivity contribution >= 4 is 11.9 Å². The molecule has 186 valence electrons. The third kappa shape index (κ3) is 6.17. The van der Waals surface area contributed by atoms with Crippen LogP contribution in [-0.2, 0) is 22.6 Å². The van der Waals surface area contributed by atoms with Crippen molar-refractivity contribution in [1.29, 1.82) is 0 Å². The van der Waals surface area contributed by atoms with Gasteiger partial charge in [-0.1, -0.05) is 36.8 Å². The predicted octanol–water partition coefficient (Wildman–Crippen LogP) is 3.97. The summed E-state index contributed by atoms with van der Waals surface area (Å²) in [6, 6.07) is 13.9. The molecule has 1 aromatic heterocycles. The molecule has 35 heavy (non-hydrogen) atoms. The standard InChI is InChI=1S/C26H31N3O6/c1-6-15-28-22(27-29(25(28)33)16-19-9-7-17(2)8-10-19)18(3)34-23(30)20-11-13-21(14-12-20)35-26(4,5)24(31)32/h7-14,18H,6,15-16H2,1-5H3,(H,31,32). The van der Waals surface area contributed by atoms with E-state index in [-0.39, 0.29) is 11.3 Å².